The highest BCUT2D eigenvalue weighted by Gasteiger charge is 2.42. The third-order valence-electron chi connectivity index (χ3n) is 4.42. The number of aromatic nitrogens is 2. The van der Waals surface area contributed by atoms with Crippen molar-refractivity contribution >= 4 is 0 Å². The van der Waals surface area contributed by atoms with E-state index in [1.54, 1.807) is 0 Å². The summed E-state index contributed by atoms with van der Waals surface area (Å²) in [6.45, 7) is 5.96. The van der Waals surface area contributed by atoms with Crippen LogP contribution in [0.4, 0.5) is 0 Å². The van der Waals surface area contributed by atoms with Crippen molar-refractivity contribution in [1.82, 2.24) is 15.5 Å². The van der Waals surface area contributed by atoms with Crippen molar-refractivity contribution in [2.75, 3.05) is 13.2 Å². The summed E-state index contributed by atoms with van der Waals surface area (Å²) in [4.78, 5) is 4.70. The van der Waals surface area contributed by atoms with Gasteiger partial charge in [-0.05, 0) is 51.5 Å². The van der Waals surface area contributed by atoms with Gasteiger partial charge in [0.25, 0.3) is 0 Å². The maximum atomic E-state index is 5.82. The van der Waals surface area contributed by atoms with Gasteiger partial charge in [-0.3, -0.25) is 0 Å². The first-order valence-corrected chi connectivity index (χ1v) is 8.00. The Kier molecular flexibility index (Phi) is 4.08. The van der Waals surface area contributed by atoms with Gasteiger partial charge in [0.05, 0.1) is 5.54 Å². The molecule has 2 aliphatic rings. The minimum Gasteiger partial charge on any atom is -0.370 e. The molecule has 20 heavy (non-hydrogen) atoms. The molecule has 0 bridgehead atoms. The van der Waals surface area contributed by atoms with E-state index in [4.69, 9.17) is 14.2 Å². The third-order valence-corrected chi connectivity index (χ3v) is 4.42. The maximum absolute atomic E-state index is 5.82. The van der Waals surface area contributed by atoms with Crippen LogP contribution in [0.2, 0.25) is 0 Å². The molecular weight excluding hydrogens is 254 g/mol. The molecule has 1 aliphatic carbocycles. The lowest BCUT2D eigenvalue weighted by Gasteiger charge is -2.24. The van der Waals surface area contributed by atoms with Crippen LogP contribution in [0.25, 0.3) is 0 Å². The van der Waals surface area contributed by atoms with Crippen LogP contribution in [0.3, 0.4) is 0 Å². The quantitative estimate of drug-likeness (QED) is 0.831. The van der Waals surface area contributed by atoms with Crippen LogP contribution < -0.4 is 5.32 Å². The molecular formula is C15H25N3O2. The molecule has 2 fully saturated rings. The second-order valence-corrected chi connectivity index (χ2v) is 6.03. The van der Waals surface area contributed by atoms with Crippen molar-refractivity contribution in [2.24, 2.45) is 5.92 Å². The molecule has 5 heteroatoms. The molecule has 1 saturated heterocycles. The molecule has 1 aromatic heterocycles. The molecule has 0 amide bonds. The summed E-state index contributed by atoms with van der Waals surface area (Å²) in [5.74, 6) is 2.09. The molecule has 2 atom stereocenters. The first-order valence-electron chi connectivity index (χ1n) is 8.00. The van der Waals surface area contributed by atoms with Gasteiger partial charge in [0.15, 0.2) is 0 Å². The summed E-state index contributed by atoms with van der Waals surface area (Å²) >= 11 is 0. The average Bonchev–Trinajstić information content (AvgIpc) is 2.97. The summed E-state index contributed by atoms with van der Waals surface area (Å²) in [6, 6.07) is 0. The van der Waals surface area contributed by atoms with E-state index < -0.39 is 0 Å². The molecule has 0 radical (unpaired) electrons. The van der Waals surface area contributed by atoms with Crippen LogP contribution in [0.5, 0.6) is 0 Å². The Labute approximate surface area is 120 Å². The molecule has 5 nitrogen and oxygen atoms in total. The van der Waals surface area contributed by atoms with Crippen LogP contribution in [0.1, 0.15) is 70.2 Å². The highest BCUT2D eigenvalue weighted by molar-refractivity contribution is 5.08. The predicted octanol–water partition coefficient (Wildman–Crippen LogP) is 2.94. The SMILES string of the molecule is CCCC1(c2nc(C(OCC)C3CC3)no2)CCCN1. The summed E-state index contributed by atoms with van der Waals surface area (Å²) in [7, 11) is 0. The van der Waals surface area contributed by atoms with Crippen molar-refractivity contribution in [2.45, 2.75) is 64.0 Å². The zero-order chi connectivity index (χ0) is 14.0. The van der Waals surface area contributed by atoms with E-state index in [0.29, 0.717) is 12.5 Å². The number of nitrogens with one attached hydrogen (secondary N) is 1. The van der Waals surface area contributed by atoms with Gasteiger partial charge >= 0.3 is 0 Å². The van der Waals surface area contributed by atoms with E-state index in [9.17, 15) is 0 Å². The predicted molar refractivity (Wildman–Crippen MR) is 75.2 cm³/mol. The lowest BCUT2D eigenvalue weighted by atomic mass is 9.92. The van der Waals surface area contributed by atoms with Gasteiger partial charge in [0, 0.05) is 6.61 Å². The minimum atomic E-state index is -0.0969. The fraction of sp³-hybridized carbons (Fsp3) is 0.867. The van der Waals surface area contributed by atoms with Crippen LogP contribution in [-0.4, -0.2) is 23.3 Å². The van der Waals surface area contributed by atoms with Crippen molar-refractivity contribution in [1.29, 1.82) is 0 Å². The Bertz CT molecular complexity index is 436. The van der Waals surface area contributed by atoms with Gasteiger partial charge in [-0.1, -0.05) is 18.5 Å². The van der Waals surface area contributed by atoms with Crippen LogP contribution in [0.15, 0.2) is 4.52 Å². The molecule has 1 aromatic rings. The lowest BCUT2D eigenvalue weighted by Crippen LogP contribution is -2.37. The van der Waals surface area contributed by atoms with E-state index in [1.807, 2.05) is 6.92 Å². The second kappa shape index (κ2) is 5.82. The van der Waals surface area contributed by atoms with Gasteiger partial charge in [-0.15, -0.1) is 0 Å². The second-order valence-electron chi connectivity index (χ2n) is 6.03. The standard InChI is InChI=1S/C15H25N3O2/c1-3-8-15(9-5-10-16-15)14-17-13(18-20-14)12(19-4-2)11-6-7-11/h11-12,16H,3-10H2,1-2H3. The normalized spacial score (nSPS) is 27.9. The van der Waals surface area contributed by atoms with Crippen molar-refractivity contribution in [3.05, 3.63) is 11.7 Å². The van der Waals surface area contributed by atoms with Gasteiger partial charge in [-0.2, -0.15) is 4.98 Å². The molecule has 0 aromatic carbocycles. The van der Waals surface area contributed by atoms with Crippen molar-refractivity contribution in [3.8, 4) is 0 Å². The van der Waals surface area contributed by atoms with Crippen molar-refractivity contribution < 1.29 is 9.26 Å². The Morgan fingerprint density at radius 1 is 1.45 bits per heavy atom. The topological polar surface area (TPSA) is 60.2 Å². The summed E-state index contributed by atoms with van der Waals surface area (Å²) in [6.07, 6.45) is 6.89. The third kappa shape index (κ3) is 2.61. The van der Waals surface area contributed by atoms with Gasteiger partial charge in [0.1, 0.15) is 6.10 Å². The van der Waals surface area contributed by atoms with E-state index in [1.165, 1.54) is 19.3 Å². The first kappa shape index (κ1) is 14.0. The molecule has 2 unspecified atom stereocenters. The fourth-order valence-corrected chi connectivity index (χ4v) is 3.28. The van der Waals surface area contributed by atoms with Gasteiger partial charge in [-0.25, -0.2) is 0 Å². The highest BCUT2D eigenvalue weighted by Crippen LogP contribution is 2.43. The molecule has 1 aliphatic heterocycles. The molecule has 3 rings (SSSR count). The Morgan fingerprint density at radius 3 is 2.90 bits per heavy atom. The fourth-order valence-electron chi connectivity index (χ4n) is 3.28. The average molecular weight is 279 g/mol. The molecule has 2 heterocycles. The van der Waals surface area contributed by atoms with E-state index in [2.05, 4.69) is 17.4 Å². The monoisotopic (exact) mass is 279 g/mol. The van der Waals surface area contributed by atoms with Crippen LogP contribution in [-0.2, 0) is 10.3 Å². The Balaban J connectivity index is 1.81. The zero-order valence-electron chi connectivity index (χ0n) is 12.5. The zero-order valence-corrected chi connectivity index (χ0v) is 12.5. The summed E-state index contributed by atoms with van der Waals surface area (Å²) < 4.78 is 11.4. The van der Waals surface area contributed by atoms with Crippen molar-refractivity contribution in [3.63, 3.8) is 0 Å². The summed E-state index contributed by atoms with van der Waals surface area (Å²) in [5, 5.41) is 7.80. The number of nitrogens with zero attached hydrogens (tertiary/aromatic N) is 2. The Morgan fingerprint density at radius 2 is 2.30 bits per heavy atom. The molecule has 0 spiro atoms. The molecule has 1 N–H and O–H groups in total. The first-order chi connectivity index (χ1) is 9.79. The van der Waals surface area contributed by atoms with E-state index in [0.717, 1.165) is 37.5 Å². The van der Waals surface area contributed by atoms with Gasteiger partial charge < -0.3 is 14.6 Å². The number of hydrogen-bond donors (Lipinski definition) is 1. The molecule has 1 saturated carbocycles. The molecule has 112 valence electrons. The van der Waals surface area contributed by atoms with E-state index >= 15 is 0 Å². The largest absolute Gasteiger partial charge is 0.370 e. The highest BCUT2D eigenvalue weighted by atomic mass is 16.5. The number of hydrogen-bond acceptors (Lipinski definition) is 5. The van der Waals surface area contributed by atoms with E-state index in [-0.39, 0.29) is 11.6 Å². The van der Waals surface area contributed by atoms with Crippen LogP contribution >= 0.6 is 0 Å². The van der Waals surface area contributed by atoms with Crippen LogP contribution in [0, 0.1) is 5.92 Å². The Hall–Kier alpha value is -0.940. The smallest absolute Gasteiger partial charge is 0.247 e. The van der Waals surface area contributed by atoms with Gasteiger partial charge in [0.2, 0.25) is 11.7 Å². The lowest BCUT2D eigenvalue weighted by molar-refractivity contribution is 0.0384. The summed E-state index contributed by atoms with van der Waals surface area (Å²) in [5.41, 5.74) is -0.0969. The maximum Gasteiger partial charge on any atom is 0.247 e. The number of rotatable bonds is 7. The number of ether oxygens (including phenoxy) is 1. The minimum absolute atomic E-state index is 0.0255.